The van der Waals surface area contributed by atoms with Crippen molar-refractivity contribution in [2.75, 3.05) is 19.8 Å². The highest BCUT2D eigenvalue weighted by atomic mass is 16.5. The molecular weight excluding hydrogens is 140 g/mol. The third-order valence-corrected chi connectivity index (χ3v) is 1.08. The smallest absolute Gasteiger partial charge is 0.0548 e. The van der Waals surface area contributed by atoms with Gasteiger partial charge in [-0.2, -0.15) is 0 Å². The molecule has 0 heterocycles. The summed E-state index contributed by atoms with van der Waals surface area (Å²) in [6.45, 7) is 9.84. The summed E-state index contributed by atoms with van der Waals surface area (Å²) in [5, 5.41) is 0. The van der Waals surface area contributed by atoms with Gasteiger partial charge in [-0.3, -0.25) is 0 Å². The largest absolute Gasteiger partial charge is 0.381 e. The van der Waals surface area contributed by atoms with E-state index in [9.17, 15) is 0 Å². The number of hydrogen-bond acceptors (Lipinski definition) is 2. The molecule has 1 unspecified atom stereocenters. The Morgan fingerprint density at radius 2 is 2.18 bits per heavy atom. The summed E-state index contributed by atoms with van der Waals surface area (Å²) in [5.74, 6) is 0. The van der Waals surface area contributed by atoms with E-state index in [0.717, 1.165) is 13.0 Å². The van der Waals surface area contributed by atoms with Crippen molar-refractivity contribution >= 4 is 0 Å². The molecule has 11 heavy (non-hydrogen) atoms. The first-order valence-electron chi connectivity index (χ1n) is 4.11. The van der Waals surface area contributed by atoms with E-state index in [1.807, 2.05) is 13.3 Å². The average Bonchev–Trinajstić information content (AvgIpc) is 1.96. The summed E-state index contributed by atoms with van der Waals surface area (Å²) in [6.07, 6.45) is 3.11. The molecule has 2 radical (unpaired) electrons. The van der Waals surface area contributed by atoms with Gasteiger partial charge in [0.25, 0.3) is 0 Å². The first-order chi connectivity index (χ1) is 5.27. The molecule has 0 amide bonds. The molecule has 0 aliphatic carbocycles. The summed E-state index contributed by atoms with van der Waals surface area (Å²) in [7, 11) is 0. The molecule has 0 fully saturated rings. The van der Waals surface area contributed by atoms with Crippen LogP contribution in [0.2, 0.25) is 0 Å². The lowest BCUT2D eigenvalue weighted by Gasteiger charge is -2.06. The number of hydrogen-bond donors (Lipinski definition) is 0. The zero-order valence-electron chi connectivity index (χ0n) is 7.51. The van der Waals surface area contributed by atoms with Crippen LogP contribution >= 0.6 is 0 Å². The summed E-state index contributed by atoms with van der Waals surface area (Å²) < 4.78 is 10.4. The molecule has 0 aromatic heterocycles. The van der Waals surface area contributed by atoms with Gasteiger partial charge in [0, 0.05) is 13.0 Å². The van der Waals surface area contributed by atoms with Gasteiger partial charge < -0.3 is 9.47 Å². The fourth-order valence-corrected chi connectivity index (χ4v) is 0.591. The summed E-state index contributed by atoms with van der Waals surface area (Å²) in [6, 6.07) is 0. The minimum absolute atomic E-state index is 0.0671. The van der Waals surface area contributed by atoms with Crippen molar-refractivity contribution in [2.45, 2.75) is 26.4 Å². The van der Waals surface area contributed by atoms with Gasteiger partial charge in [-0.1, -0.05) is 6.92 Å². The monoisotopic (exact) mass is 158 g/mol. The van der Waals surface area contributed by atoms with E-state index in [2.05, 4.69) is 13.8 Å². The predicted octanol–water partition coefficient (Wildman–Crippen LogP) is 1.86. The lowest BCUT2D eigenvalue weighted by Crippen LogP contribution is -2.07. The van der Waals surface area contributed by atoms with Crippen molar-refractivity contribution in [3.8, 4) is 0 Å². The van der Waals surface area contributed by atoms with E-state index in [1.54, 1.807) is 0 Å². The van der Waals surface area contributed by atoms with Crippen LogP contribution < -0.4 is 0 Å². The maximum atomic E-state index is 5.21. The standard InChI is InChI=1S/C9H18O2/c1-4-6-10-7-5-8-11-9(2)3/h5,9H,2,4,6-8H2,1,3H3. The van der Waals surface area contributed by atoms with Crippen LogP contribution in [0.25, 0.3) is 0 Å². The minimum Gasteiger partial charge on any atom is -0.381 e. The normalized spacial score (nSPS) is 10.9. The zero-order chi connectivity index (χ0) is 8.53. The van der Waals surface area contributed by atoms with Crippen molar-refractivity contribution in [3.63, 3.8) is 0 Å². The zero-order valence-corrected chi connectivity index (χ0v) is 7.51. The van der Waals surface area contributed by atoms with Crippen LogP contribution in [0.5, 0.6) is 0 Å². The highest BCUT2D eigenvalue weighted by molar-refractivity contribution is 4.63. The van der Waals surface area contributed by atoms with Gasteiger partial charge in [-0.15, -0.1) is 0 Å². The molecule has 66 valence electrons. The predicted molar refractivity (Wildman–Crippen MR) is 46.2 cm³/mol. The second-order valence-electron chi connectivity index (χ2n) is 2.51. The summed E-state index contributed by atoms with van der Waals surface area (Å²) in [4.78, 5) is 0. The highest BCUT2D eigenvalue weighted by Crippen LogP contribution is 1.90. The molecule has 0 rings (SSSR count). The topological polar surface area (TPSA) is 18.5 Å². The van der Waals surface area contributed by atoms with Crippen molar-refractivity contribution in [1.29, 1.82) is 0 Å². The van der Waals surface area contributed by atoms with Crippen LogP contribution in [0.3, 0.4) is 0 Å². The van der Waals surface area contributed by atoms with Crippen LogP contribution in [0.15, 0.2) is 0 Å². The molecule has 0 saturated carbocycles. The fraction of sp³-hybridized carbons (Fsp3) is 0.778. The molecule has 2 nitrogen and oxygen atoms in total. The molecule has 1 atom stereocenters. The molecular formula is C9H18O2. The Kier molecular flexibility index (Phi) is 7.96. The van der Waals surface area contributed by atoms with Gasteiger partial charge >= 0.3 is 0 Å². The van der Waals surface area contributed by atoms with Crippen LogP contribution in [0.1, 0.15) is 20.3 Å². The quantitative estimate of drug-likeness (QED) is 0.526. The summed E-state index contributed by atoms with van der Waals surface area (Å²) in [5.41, 5.74) is 0. The molecule has 0 aliphatic heterocycles. The Morgan fingerprint density at radius 3 is 2.73 bits per heavy atom. The van der Waals surface area contributed by atoms with Crippen molar-refractivity contribution in [2.24, 2.45) is 0 Å². The van der Waals surface area contributed by atoms with Gasteiger partial charge in [0.2, 0.25) is 0 Å². The Labute approximate surface area is 69.9 Å². The Balaban J connectivity index is 2.80. The van der Waals surface area contributed by atoms with Crippen LogP contribution in [-0.4, -0.2) is 25.9 Å². The van der Waals surface area contributed by atoms with Crippen LogP contribution in [0.4, 0.5) is 0 Å². The second-order valence-corrected chi connectivity index (χ2v) is 2.51. The first kappa shape index (κ1) is 10.9. The number of rotatable bonds is 7. The van der Waals surface area contributed by atoms with Crippen LogP contribution in [0, 0.1) is 13.3 Å². The Morgan fingerprint density at radius 1 is 1.45 bits per heavy atom. The summed E-state index contributed by atoms with van der Waals surface area (Å²) >= 11 is 0. The molecule has 0 bridgehead atoms. The molecule has 0 N–H and O–H groups in total. The van der Waals surface area contributed by atoms with Gasteiger partial charge in [0.1, 0.15) is 0 Å². The van der Waals surface area contributed by atoms with E-state index >= 15 is 0 Å². The third-order valence-electron chi connectivity index (χ3n) is 1.08. The van der Waals surface area contributed by atoms with Gasteiger partial charge in [0.15, 0.2) is 0 Å². The van der Waals surface area contributed by atoms with Crippen molar-refractivity contribution in [1.82, 2.24) is 0 Å². The van der Waals surface area contributed by atoms with Gasteiger partial charge in [0.05, 0.1) is 19.3 Å². The van der Waals surface area contributed by atoms with E-state index in [1.165, 1.54) is 0 Å². The highest BCUT2D eigenvalue weighted by Gasteiger charge is 1.92. The Bertz CT molecular complexity index is 72.0. The lowest BCUT2D eigenvalue weighted by molar-refractivity contribution is 0.0918. The maximum absolute atomic E-state index is 5.21. The van der Waals surface area contributed by atoms with E-state index in [0.29, 0.717) is 13.2 Å². The molecule has 2 heteroatoms. The Hall–Kier alpha value is -0.0800. The van der Waals surface area contributed by atoms with Gasteiger partial charge in [-0.25, -0.2) is 0 Å². The molecule has 0 spiro atoms. The third kappa shape index (κ3) is 9.92. The fourth-order valence-electron chi connectivity index (χ4n) is 0.591. The minimum atomic E-state index is 0.0671. The first-order valence-corrected chi connectivity index (χ1v) is 4.11. The second kappa shape index (κ2) is 8.02. The van der Waals surface area contributed by atoms with Crippen molar-refractivity contribution in [3.05, 3.63) is 13.3 Å². The van der Waals surface area contributed by atoms with Crippen molar-refractivity contribution < 1.29 is 9.47 Å². The lowest BCUT2D eigenvalue weighted by atomic mass is 10.4. The van der Waals surface area contributed by atoms with E-state index < -0.39 is 0 Å². The molecule has 0 aromatic carbocycles. The average molecular weight is 158 g/mol. The molecule has 0 aromatic rings. The SMILES string of the molecule is [CH2]C(C)OC[CH]COCCC. The molecule has 0 aliphatic rings. The van der Waals surface area contributed by atoms with E-state index in [4.69, 9.17) is 9.47 Å². The number of ether oxygens (including phenoxy) is 2. The van der Waals surface area contributed by atoms with Crippen LogP contribution in [-0.2, 0) is 9.47 Å². The molecule has 0 saturated heterocycles. The maximum Gasteiger partial charge on any atom is 0.0548 e. The van der Waals surface area contributed by atoms with Gasteiger partial charge in [-0.05, 0) is 20.3 Å². The van der Waals surface area contributed by atoms with E-state index in [-0.39, 0.29) is 6.10 Å².